The van der Waals surface area contributed by atoms with Gasteiger partial charge in [-0.2, -0.15) is 0 Å². The molecule has 0 radical (unpaired) electrons. The number of rotatable bonds is 3. The van der Waals surface area contributed by atoms with Gasteiger partial charge in [-0.25, -0.2) is 4.98 Å². The van der Waals surface area contributed by atoms with E-state index in [4.69, 9.17) is 16.0 Å². The van der Waals surface area contributed by atoms with Crippen molar-refractivity contribution in [2.24, 2.45) is 7.05 Å². The molecule has 1 N–H and O–H groups in total. The van der Waals surface area contributed by atoms with Crippen molar-refractivity contribution in [3.8, 4) is 11.6 Å². The van der Waals surface area contributed by atoms with E-state index in [9.17, 15) is 9.59 Å². The topological polar surface area (TPSA) is 103 Å². The van der Waals surface area contributed by atoms with E-state index in [-0.39, 0.29) is 28.7 Å². The van der Waals surface area contributed by atoms with Crippen molar-refractivity contribution < 1.29 is 9.21 Å². The summed E-state index contributed by atoms with van der Waals surface area (Å²) in [6, 6.07) is 13.6. The van der Waals surface area contributed by atoms with Gasteiger partial charge in [0.25, 0.3) is 17.4 Å². The van der Waals surface area contributed by atoms with E-state index in [1.54, 1.807) is 43.4 Å². The number of aryl methyl sites for hydroxylation is 1. The molecule has 0 fully saturated rings. The summed E-state index contributed by atoms with van der Waals surface area (Å²) >= 11 is 6.00. The Morgan fingerprint density at radius 3 is 2.67 bits per heavy atom. The second kappa shape index (κ2) is 6.65. The lowest BCUT2D eigenvalue weighted by Gasteiger charge is -2.05. The minimum absolute atomic E-state index is 0.00180. The van der Waals surface area contributed by atoms with Crippen molar-refractivity contribution >= 4 is 34.6 Å². The summed E-state index contributed by atoms with van der Waals surface area (Å²) in [6.45, 7) is 0. The highest BCUT2D eigenvalue weighted by molar-refractivity contribution is 6.34. The highest BCUT2D eigenvalue weighted by Gasteiger charge is 2.19. The predicted octanol–water partition coefficient (Wildman–Crippen LogP) is 2.89. The maximum Gasteiger partial charge on any atom is 0.322 e. The maximum atomic E-state index is 12.5. The zero-order valence-electron chi connectivity index (χ0n) is 14.0. The molecule has 0 unspecified atom stereocenters. The number of para-hydroxylation sites is 2. The van der Waals surface area contributed by atoms with Gasteiger partial charge < -0.3 is 8.98 Å². The van der Waals surface area contributed by atoms with Crippen LogP contribution in [0.2, 0.25) is 5.02 Å². The summed E-state index contributed by atoms with van der Waals surface area (Å²) in [5.41, 5.74) is 1.16. The Morgan fingerprint density at radius 2 is 1.85 bits per heavy atom. The van der Waals surface area contributed by atoms with Crippen LogP contribution in [0.1, 0.15) is 10.4 Å². The lowest BCUT2D eigenvalue weighted by molar-refractivity contribution is 0.102. The molecular formula is C18H12ClN5O3. The lowest BCUT2D eigenvalue weighted by atomic mass is 10.2. The third-order valence-corrected chi connectivity index (χ3v) is 4.28. The van der Waals surface area contributed by atoms with Crippen LogP contribution in [-0.2, 0) is 7.05 Å². The molecule has 9 heteroatoms. The predicted molar refractivity (Wildman–Crippen MR) is 99.7 cm³/mol. The molecule has 0 aliphatic rings. The van der Waals surface area contributed by atoms with Gasteiger partial charge in [-0.3, -0.25) is 14.9 Å². The standard InChI is InChI=1S/C18H12ClN5O3/c1-24-13-9-5-4-8-12(13)20-14(17(24)26)16-22-23-18(27-16)21-15(25)10-6-2-3-7-11(10)19/h2-9H,1H3,(H,21,23,25). The molecule has 2 heterocycles. The fourth-order valence-electron chi connectivity index (χ4n) is 2.60. The summed E-state index contributed by atoms with van der Waals surface area (Å²) in [5.74, 6) is -0.592. The molecular weight excluding hydrogens is 370 g/mol. The molecule has 0 saturated carbocycles. The normalized spacial score (nSPS) is 10.9. The fourth-order valence-corrected chi connectivity index (χ4v) is 2.82. The number of amides is 1. The van der Waals surface area contributed by atoms with Gasteiger partial charge in [-0.15, -0.1) is 5.10 Å². The number of fused-ring (bicyclic) bond motifs is 1. The van der Waals surface area contributed by atoms with Crippen molar-refractivity contribution in [3.05, 3.63) is 69.5 Å². The third-order valence-electron chi connectivity index (χ3n) is 3.95. The molecule has 0 aliphatic carbocycles. The first-order chi connectivity index (χ1) is 13.0. The van der Waals surface area contributed by atoms with E-state index in [1.165, 1.54) is 4.57 Å². The largest absolute Gasteiger partial charge is 0.401 e. The van der Waals surface area contributed by atoms with Crippen LogP contribution >= 0.6 is 11.6 Å². The first-order valence-electron chi connectivity index (χ1n) is 7.90. The quantitative estimate of drug-likeness (QED) is 0.585. The molecule has 2 aromatic carbocycles. The monoisotopic (exact) mass is 381 g/mol. The van der Waals surface area contributed by atoms with Gasteiger partial charge in [0.05, 0.1) is 21.6 Å². The Balaban J connectivity index is 1.68. The number of carbonyl (C=O) groups is 1. The first kappa shape index (κ1) is 16.9. The number of anilines is 1. The van der Waals surface area contributed by atoms with Crippen molar-refractivity contribution in [3.63, 3.8) is 0 Å². The Hall–Kier alpha value is -3.52. The van der Waals surface area contributed by atoms with Gasteiger partial charge in [0, 0.05) is 7.05 Å². The number of hydrogen-bond donors (Lipinski definition) is 1. The van der Waals surface area contributed by atoms with Gasteiger partial charge in [0.15, 0.2) is 5.69 Å². The SMILES string of the molecule is Cn1c(=O)c(-c2nnc(NC(=O)c3ccccc3Cl)o2)nc2ccccc21. The number of hydrogen-bond acceptors (Lipinski definition) is 6. The smallest absolute Gasteiger partial charge is 0.322 e. The van der Waals surface area contributed by atoms with E-state index in [1.807, 2.05) is 12.1 Å². The van der Waals surface area contributed by atoms with Crippen LogP contribution in [0.4, 0.5) is 6.01 Å². The minimum atomic E-state index is -0.504. The molecule has 8 nitrogen and oxygen atoms in total. The highest BCUT2D eigenvalue weighted by Crippen LogP contribution is 2.20. The molecule has 0 bridgehead atoms. The van der Waals surface area contributed by atoms with Crippen molar-refractivity contribution in [1.82, 2.24) is 19.7 Å². The van der Waals surface area contributed by atoms with Gasteiger partial charge >= 0.3 is 6.01 Å². The lowest BCUT2D eigenvalue weighted by Crippen LogP contribution is -2.20. The molecule has 0 aliphatic heterocycles. The molecule has 0 saturated heterocycles. The minimum Gasteiger partial charge on any atom is -0.401 e. The van der Waals surface area contributed by atoms with Gasteiger partial charge in [-0.05, 0) is 24.3 Å². The molecule has 27 heavy (non-hydrogen) atoms. The Morgan fingerprint density at radius 1 is 1.11 bits per heavy atom. The third kappa shape index (κ3) is 3.06. The van der Waals surface area contributed by atoms with Crippen LogP contribution < -0.4 is 10.9 Å². The second-order valence-electron chi connectivity index (χ2n) is 5.66. The number of halogens is 1. The van der Waals surface area contributed by atoms with Crippen molar-refractivity contribution in [2.75, 3.05) is 5.32 Å². The fraction of sp³-hybridized carbons (Fsp3) is 0.0556. The van der Waals surface area contributed by atoms with Crippen LogP contribution in [-0.4, -0.2) is 25.7 Å². The van der Waals surface area contributed by atoms with E-state index < -0.39 is 5.91 Å². The molecule has 4 rings (SSSR count). The van der Waals surface area contributed by atoms with Crippen LogP contribution in [0.15, 0.2) is 57.7 Å². The Bertz CT molecular complexity index is 1230. The number of carbonyl (C=O) groups excluding carboxylic acids is 1. The Labute approximate surface area is 157 Å². The van der Waals surface area contributed by atoms with Crippen molar-refractivity contribution in [2.45, 2.75) is 0 Å². The Kier molecular flexibility index (Phi) is 4.17. The second-order valence-corrected chi connectivity index (χ2v) is 6.07. The van der Waals surface area contributed by atoms with Gasteiger partial charge in [0.2, 0.25) is 0 Å². The van der Waals surface area contributed by atoms with Crippen LogP contribution in [0, 0.1) is 0 Å². The van der Waals surface area contributed by atoms with Crippen LogP contribution in [0.3, 0.4) is 0 Å². The van der Waals surface area contributed by atoms with Crippen LogP contribution in [0.5, 0.6) is 0 Å². The molecule has 0 atom stereocenters. The van der Waals surface area contributed by atoms with E-state index in [0.717, 1.165) is 0 Å². The first-order valence-corrected chi connectivity index (χ1v) is 8.28. The van der Waals surface area contributed by atoms with E-state index >= 15 is 0 Å². The average molecular weight is 382 g/mol. The summed E-state index contributed by atoms with van der Waals surface area (Å²) in [6.07, 6.45) is 0. The maximum absolute atomic E-state index is 12.5. The van der Waals surface area contributed by atoms with Gasteiger partial charge in [-0.1, -0.05) is 41.0 Å². The highest BCUT2D eigenvalue weighted by atomic mass is 35.5. The molecule has 0 spiro atoms. The zero-order chi connectivity index (χ0) is 19.0. The summed E-state index contributed by atoms with van der Waals surface area (Å²) < 4.78 is 6.86. The number of aromatic nitrogens is 4. The number of benzene rings is 2. The van der Waals surface area contributed by atoms with Crippen molar-refractivity contribution in [1.29, 1.82) is 0 Å². The average Bonchev–Trinajstić information content (AvgIpc) is 3.13. The zero-order valence-corrected chi connectivity index (χ0v) is 14.8. The van der Waals surface area contributed by atoms with Gasteiger partial charge in [0.1, 0.15) is 0 Å². The summed E-state index contributed by atoms with van der Waals surface area (Å²) in [7, 11) is 1.63. The molecule has 2 aromatic heterocycles. The summed E-state index contributed by atoms with van der Waals surface area (Å²) in [5, 5.41) is 10.3. The number of nitrogens with zero attached hydrogens (tertiary/aromatic N) is 4. The van der Waals surface area contributed by atoms with Crippen LogP contribution in [0.25, 0.3) is 22.6 Å². The molecule has 1 amide bonds. The number of nitrogens with one attached hydrogen (secondary N) is 1. The van der Waals surface area contributed by atoms with E-state index in [0.29, 0.717) is 16.1 Å². The van der Waals surface area contributed by atoms with E-state index in [2.05, 4.69) is 20.5 Å². The molecule has 134 valence electrons. The summed E-state index contributed by atoms with van der Waals surface area (Å²) in [4.78, 5) is 29.1. The molecule has 4 aromatic rings.